The molecule has 8 nitrogen and oxygen atoms in total. The number of amides is 1. The van der Waals surface area contributed by atoms with Crippen LogP contribution in [-0.2, 0) is 11.2 Å². The van der Waals surface area contributed by atoms with Gasteiger partial charge in [0.1, 0.15) is 11.6 Å². The molecular formula is C31H28BrN5O3. The number of anilines is 1. The zero-order valence-electron chi connectivity index (χ0n) is 22.4. The van der Waals surface area contributed by atoms with E-state index in [0.717, 1.165) is 32.8 Å². The van der Waals surface area contributed by atoms with E-state index in [9.17, 15) is 9.59 Å². The van der Waals surface area contributed by atoms with Crippen LogP contribution in [0.1, 0.15) is 29.7 Å². The summed E-state index contributed by atoms with van der Waals surface area (Å²) in [6.45, 7) is 5.89. The summed E-state index contributed by atoms with van der Waals surface area (Å²) < 4.78 is 9.96. The molecule has 0 fully saturated rings. The first-order chi connectivity index (χ1) is 19.3. The van der Waals surface area contributed by atoms with E-state index in [1.165, 1.54) is 4.68 Å². The second kappa shape index (κ2) is 11.7. The van der Waals surface area contributed by atoms with Gasteiger partial charge in [0, 0.05) is 39.2 Å². The number of aryl methyl sites for hydroxylation is 2. The third-order valence-corrected chi connectivity index (χ3v) is 6.99. The molecule has 2 aromatic heterocycles. The molecule has 0 aliphatic carbocycles. The molecule has 0 unspecified atom stereocenters. The number of nitrogens with one attached hydrogen (secondary N) is 1. The van der Waals surface area contributed by atoms with E-state index in [2.05, 4.69) is 35.9 Å². The predicted octanol–water partition coefficient (Wildman–Crippen LogP) is 6.03. The summed E-state index contributed by atoms with van der Waals surface area (Å²) in [5.74, 6) is 0.965. The fourth-order valence-electron chi connectivity index (χ4n) is 4.54. The van der Waals surface area contributed by atoms with Gasteiger partial charge in [-0.2, -0.15) is 9.78 Å². The van der Waals surface area contributed by atoms with Crippen LogP contribution in [0, 0.1) is 13.8 Å². The zero-order valence-corrected chi connectivity index (χ0v) is 24.0. The summed E-state index contributed by atoms with van der Waals surface area (Å²) in [6, 6.07) is 24.3. The van der Waals surface area contributed by atoms with Crippen molar-refractivity contribution in [3.63, 3.8) is 0 Å². The minimum atomic E-state index is -0.226. The normalized spacial score (nSPS) is 11.3. The van der Waals surface area contributed by atoms with Crippen LogP contribution in [0.3, 0.4) is 0 Å². The Morgan fingerprint density at radius 1 is 1.05 bits per heavy atom. The van der Waals surface area contributed by atoms with Gasteiger partial charge < -0.3 is 14.6 Å². The smallest absolute Gasteiger partial charge is 0.282 e. The quantitative estimate of drug-likeness (QED) is 0.221. The fourth-order valence-corrected chi connectivity index (χ4v) is 4.90. The maximum atomic E-state index is 13.2. The highest BCUT2D eigenvalue weighted by Crippen LogP contribution is 2.23. The summed E-state index contributed by atoms with van der Waals surface area (Å²) in [5.41, 5.74) is 4.99. The van der Waals surface area contributed by atoms with Gasteiger partial charge in [-0.3, -0.25) is 9.59 Å². The number of para-hydroxylation sites is 1. The molecule has 0 saturated heterocycles. The minimum Gasteiger partial charge on any atom is -0.484 e. The lowest BCUT2D eigenvalue weighted by atomic mass is 10.2. The summed E-state index contributed by atoms with van der Waals surface area (Å²) in [6.07, 6.45) is 2.27. The molecule has 9 heteroatoms. The summed E-state index contributed by atoms with van der Waals surface area (Å²) >= 11 is 3.43. The van der Waals surface area contributed by atoms with E-state index in [-0.39, 0.29) is 18.1 Å². The zero-order chi connectivity index (χ0) is 28.2. The van der Waals surface area contributed by atoms with Crippen LogP contribution in [-0.4, -0.2) is 33.0 Å². The Morgan fingerprint density at radius 3 is 2.52 bits per heavy atom. The Hall–Kier alpha value is -4.50. The molecule has 0 bridgehead atoms. The molecule has 0 aliphatic rings. The Morgan fingerprint density at radius 2 is 1.80 bits per heavy atom. The number of benzene rings is 3. The summed E-state index contributed by atoms with van der Waals surface area (Å²) in [4.78, 5) is 30.1. The van der Waals surface area contributed by atoms with Gasteiger partial charge in [-0.05, 0) is 74.5 Å². The van der Waals surface area contributed by atoms with Crippen LogP contribution in [0.5, 0.6) is 5.75 Å². The fraction of sp³-hybridized carbons (Fsp3) is 0.161. The molecule has 5 aromatic rings. The lowest BCUT2D eigenvalue weighted by molar-refractivity contribution is -0.118. The Kier molecular flexibility index (Phi) is 7.93. The number of carbonyl (C=O) groups excluding carboxylic acids is 1. The molecule has 40 heavy (non-hydrogen) atoms. The Labute approximate surface area is 240 Å². The van der Waals surface area contributed by atoms with Crippen molar-refractivity contribution in [1.29, 1.82) is 0 Å². The first-order valence-electron chi connectivity index (χ1n) is 12.9. The van der Waals surface area contributed by atoms with Crippen LogP contribution in [0.4, 0.5) is 5.69 Å². The van der Waals surface area contributed by atoms with E-state index in [4.69, 9.17) is 4.74 Å². The van der Waals surface area contributed by atoms with Gasteiger partial charge in [-0.1, -0.05) is 41.1 Å². The SMILES string of the molecule is CCc1nc2ccc(Br)cc2c(=O)n1N=Cc1cc(C)n(-c2ccc(OCC(=O)Nc3ccccc3)cc2)c1C. The van der Waals surface area contributed by atoms with Crippen molar-refractivity contribution in [1.82, 2.24) is 14.2 Å². The minimum absolute atomic E-state index is 0.0872. The third kappa shape index (κ3) is 5.74. The first-order valence-corrected chi connectivity index (χ1v) is 13.7. The molecule has 1 amide bonds. The Balaban J connectivity index is 1.34. The lowest BCUT2D eigenvalue weighted by Crippen LogP contribution is -2.22. The Bertz CT molecular complexity index is 1770. The van der Waals surface area contributed by atoms with Crippen molar-refractivity contribution in [2.75, 3.05) is 11.9 Å². The van der Waals surface area contributed by atoms with Crippen LogP contribution < -0.4 is 15.6 Å². The number of nitrogens with zero attached hydrogens (tertiary/aromatic N) is 4. The van der Waals surface area contributed by atoms with Crippen molar-refractivity contribution in [3.05, 3.63) is 116 Å². The van der Waals surface area contributed by atoms with Gasteiger partial charge in [0.15, 0.2) is 6.61 Å². The van der Waals surface area contributed by atoms with E-state index in [1.54, 1.807) is 12.3 Å². The van der Waals surface area contributed by atoms with Crippen LogP contribution in [0.15, 0.2) is 93.2 Å². The summed E-state index contributed by atoms with van der Waals surface area (Å²) in [5, 5.41) is 7.86. The maximum Gasteiger partial charge on any atom is 0.282 e. The first kappa shape index (κ1) is 27.1. The maximum absolute atomic E-state index is 13.2. The molecule has 0 spiro atoms. The molecule has 0 saturated carbocycles. The molecular weight excluding hydrogens is 570 g/mol. The third-order valence-electron chi connectivity index (χ3n) is 6.50. The standard InChI is InChI=1S/C31H28BrN5O3/c1-4-29-35-28-15-10-23(32)17-27(28)31(39)37(29)33-18-22-16-20(2)36(21(22)3)25-11-13-26(14-12-25)40-19-30(38)34-24-8-6-5-7-9-24/h5-18H,4,19H2,1-3H3,(H,34,38). The molecule has 0 aliphatic heterocycles. The number of hydrogen-bond acceptors (Lipinski definition) is 5. The van der Waals surface area contributed by atoms with Crippen molar-refractivity contribution in [2.45, 2.75) is 27.2 Å². The van der Waals surface area contributed by atoms with Crippen LogP contribution >= 0.6 is 15.9 Å². The van der Waals surface area contributed by atoms with Crippen molar-refractivity contribution in [2.24, 2.45) is 5.10 Å². The average Bonchev–Trinajstić information content (AvgIpc) is 3.24. The molecule has 5 rings (SSSR count). The number of halogens is 1. The second-order valence-corrected chi connectivity index (χ2v) is 10.2. The molecule has 2 heterocycles. The average molecular weight is 599 g/mol. The lowest BCUT2D eigenvalue weighted by Gasteiger charge is -2.12. The topological polar surface area (TPSA) is 90.5 Å². The van der Waals surface area contributed by atoms with Crippen molar-refractivity contribution >= 4 is 44.6 Å². The van der Waals surface area contributed by atoms with Crippen LogP contribution in [0.25, 0.3) is 16.6 Å². The van der Waals surface area contributed by atoms with Gasteiger partial charge in [0.05, 0.1) is 17.1 Å². The van der Waals surface area contributed by atoms with Gasteiger partial charge in [0.25, 0.3) is 11.5 Å². The van der Waals surface area contributed by atoms with E-state index in [1.807, 2.05) is 93.6 Å². The summed E-state index contributed by atoms with van der Waals surface area (Å²) in [7, 11) is 0. The van der Waals surface area contributed by atoms with Crippen molar-refractivity contribution < 1.29 is 9.53 Å². The number of aromatic nitrogens is 3. The van der Waals surface area contributed by atoms with E-state index < -0.39 is 0 Å². The largest absolute Gasteiger partial charge is 0.484 e. The number of rotatable bonds is 8. The van der Waals surface area contributed by atoms with E-state index >= 15 is 0 Å². The number of fused-ring (bicyclic) bond motifs is 1. The molecule has 0 radical (unpaired) electrons. The second-order valence-electron chi connectivity index (χ2n) is 9.26. The molecule has 1 N–H and O–H groups in total. The van der Waals surface area contributed by atoms with Gasteiger partial charge in [-0.15, -0.1) is 0 Å². The van der Waals surface area contributed by atoms with Crippen LogP contribution in [0.2, 0.25) is 0 Å². The predicted molar refractivity (Wildman–Crippen MR) is 162 cm³/mol. The van der Waals surface area contributed by atoms with Crippen molar-refractivity contribution in [3.8, 4) is 11.4 Å². The number of carbonyl (C=O) groups is 1. The highest BCUT2D eigenvalue weighted by Gasteiger charge is 2.13. The van der Waals surface area contributed by atoms with Gasteiger partial charge in [0.2, 0.25) is 0 Å². The number of ether oxygens (including phenoxy) is 1. The van der Waals surface area contributed by atoms with E-state index in [0.29, 0.717) is 28.9 Å². The monoisotopic (exact) mass is 597 g/mol. The molecule has 0 atom stereocenters. The highest BCUT2D eigenvalue weighted by atomic mass is 79.9. The van der Waals surface area contributed by atoms with Gasteiger partial charge >= 0.3 is 0 Å². The molecule has 3 aromatic carbocycles. The van der Waals surface area contributed by atoms with Gasteiger partial charge in [-0.25, -0.2) is 4.98 Å². The number of hydrogen-bond donors (Lipinski definition) is 1. The highest BCUT2D eigenvalue weighted by molar-refractivity contribution is 9.10. The molecule has 202 valence electrons.